The van der Waals surface area contributed by atoms with E-state index in [1.54, 1.807) is 6.92 Å². The number of nitrogens with two attached hydrogens (primary N) is 1. The maximum atomic E-state index is 11.8. The Bertz CT molecular complexity index is 453. The molecule has 0 saturated heterocycles. The van der Waals surface area contributed by atoms with Gasteiger partial charge in [-0.15, -0.1) is 0 Å². The highest BCUT2D eigenvalue weighted by Gasteiger charge is 2.40. The van der Waals surface area contributed by atoms with Crippen LogP contribution >= 0.6 is 0 Å². The topological polar surface area (TPSA) is 70.1 Å². The summed E-state index contributed by atoms with van der Waals surface area (Å²) in [6.07, 6.45) is 3.04. The second kappa shape index (κ2) is 5.00. The van der Waals surface area contributed by atoms with Crippen LogP contribution in [0, 0.1) is 5.92 Å². The summed E-state index contributed by atoms with van der Waals surface area (Å²) >= 11 is 0. The molecule has 1 aromatic heterocycles. The van der Waals surface area contributed by atoms with Gasteiger partial charge in [0.05, 0.1) is 6.61 Å². The Balaban J connectivity index is 2.32. The molecule has 18 heavy (non-hydrogen) atoms. The Morgan fingerprint density at radius 3 is 2.72 bits per heavy atom. The molecule has 0 spiro atoms. The first-order valence-corrected chi connectivity index (χ1v) is 6.67. The third-order valence-electron chi connectivity index (χ3n) is 3.55. The molecule has 0 bridgehead atoms. The molecule has 0 amide bonds. The number of hydrogen-bond donors (Lipinski definition) is 1. The first-order valence-electron chi connectivity index (χ1n) is 6.67. The number of aromatic nitrogens is 2. The standard InChI is InChI=1S/C13H21N3O2/c1-4-8-7-9(8)16-10(5-2)15-11(12(16)14)13(17)18-6-3/h8-9H,4-7,14H2,1-3H3. The van der Waals surface area contributed by atoms with Gasteiger partial charge in [0.25, 0.3) is 0 Å². The van der Waals surface area contributed by atoms with E-state index in [1.165, 1.54) is 0 Å². The molecular weight excluding hydrogens is 230 g/mol. The summed E-state index contributed by atoms with van der Waals surface area (Å²) in [6, 6.07) is 0.417. The highest BCUT2D eigenvalue weighted by atomic mass is 16.5. The van der Waals surface area contributed by atoms with Gasteiger partial charge in [-0.1, -0.05) is 20.3 Å². The highest BCUT2D eigenvalue weighted by Crippen LogP contribution is 2.47. The molecule has 2 rings (SSSR count). The molecule has 1 aliphatic carbocycles. The fraction of sp³-hybridized carbons (Fsp3) is 0.692. The fourth-order valence-corrected chi connectivity index (χ4v) is 2.45. The average Bonchev–Trinajstić information content (AvgIpc) is 3.06. The van der Waals surface area contributed by atoms with Gasteiger partial charge in [0, 0.05) is 12.5 Å². The van der Waals surface area contributed by atoms with Crippen molar-refractivity contribution in [1.29, 1.82) is 0 Å². The number of nitrogen functional groups attached to an aromatic ring is 1. The number of carbonyl (C=O) groups is 1. The summed E-state index contributed by atoms with van der Waals surface area (Å²) in [5.41, 5.74) is 6.34. The maximum Gasteiger partial charge on any atom is 0.360 e. The number of imidazole rings is 1. The monoisotopic (exact) mass is 251 g/mol. The van der Waals surface area contributed by atoms with Crippen LogP contribution in [0.4, 0.5) is 5.82 Å². The summed E-state index contributed by atoms with van der Waals surface area (Å²) in [7, 11) is 0. The van der Waals surface area contributed by atoms with E-state index in [1.807, 2.05) is 11.5 Å². The lowest BCUT2D eigenvalue weighted by atomic mass is 10.3. The molecule has 0 aromatic carbocycles. The van der Waals surface area contributed by atoms with Crippen molar-refractivity contribution in [1.82, 2.24) is 9.55 Å². The molecule has 0 aliphatic heterocycles. The minimum atomic E-state index is -0.419. The average molecular weight is 251 g/mol. The Labute approximate surface area is 107 Å². The smallest absolute Gasteiger partial charge is 0.360 e. The molecule has 1 heterocycles. The van der Waals surface area contributed by atoms with Crippen LogP contribution in [-0.4, -0.2) is 22.1 Å². The third kappa shape index (κ3) is 2.09. The van der Waals surface area contributed by atoms with E-state index in [0.717, 1.165) is 25.1 Å². The van der Waals surface area contributed by atoms with Crippen LogP contribution in [0.5, 0.6) is 0 Å². The fourth-order valence-electron chi connectivity index (χ4n) is 2.45. The normalized spacial score (nSPS) is 21.9. The molecule has 1 aliphatic rings. The summed E-state index contributed by atoms with van der Waals surface area (Å²) < 4.78 is 7.01. The first kappa shape index (κ1) is 12.9. The van der Waals surface area contributed by atoms with Gasteiger partial charge in [-0.2, -0.15) is 0 Å². The second-order valence-electron chi connectivity index (χ2n) is 4.68. The molecule has 5 heteroatoms. The van der Waals surface area contributed by atoms with Crippen LogP contribution in [0.25, 0.3) is 0 Å². The summed E-state index contributed by atoms with van der Waals surface area (Å²) in [4.78, 5) is 16.1. The predicted octanol–water partition coefficient (Wildman–Crippen LogP) is 2.18. The second-order valence-corrected chi connectivity index (χ2v) is 4.68. The number of nitrogens with zero attached hydrogens (tertiary/aromatic N) is 2. The van der Waals surface area contributed by atoms with Gasteiger partial charge < -0.3 is 15.0 Å². The van der Waals surface area contributed by atoms with Crippen LogP contribution in [-0.2, 0) is 11.2 Å². The predicted molar refractivity (Wildman–Crippen MR) is 69.4 cm³/mol. The first-order chi connectivity index (χ1) is 8.63. The van der Waals surface area contributed by atoms with Gasteiger partial charge in [0.1, 0.15) is 11.6 Å². The number of hydrogen-bond acceptors (Lipinski definition) is 4. The summed E-state index contributed by atoms with van der Waals surface area (Å²) in [5, 5.41) is 0. The molecule has 1 aromatic rings. The van der Waals surface area contributed by atoms with E-state index < -0.39 is 5.97 Å². The van der Waals surface area contributed by atoms with E-state index in [9.17, 15) is 4.79 Å². The van der Waals surface area contributed by atoms with Crippen LogP contribution in [0.3, 0.4) is 0 Å². The SMILES string of the molecule is CCOC(=O)c1nc(CC)n(C2CC2CC)c1N. The molecular formula is C13H21N3O2. The van der Waals surface area contributed by atoms with Crippen molar-refractivity contribution in [3.8, 4) is 0 Å². The van der Waals surface area contributed by atoms with E-state index in [-0.39, 0.29) is 5.69 Å². The zero-order chi connectivity index (χ0) is 13.3. The third-order valence-corrected chi connectivity index (χ3v) is 3.55. The lowest BCUT2D eigenvalue weighted by Gasteiger charge is -2.07. The van der Waals surface area contributed by atoms with Crippen molar-refractivity contribution >= 4 is 11.8 Å². The van der Waals surface area contributed by atoms with Gasteiger partial charge in [-0.25, -0.2) is 9.78 Å². The number of rotatable bonds is 5. The van der Waals surface area contributed by atoms with Crippen molar-refractivity contribution < 1.29 is 9.53 Å². The quantitative estimate of drug-likeness (QED) is 0.814. The molecule has 2 atom stereocenters. The number of aryl methyl sites for hydroxylation is 1. The van der Waals surface area contributed by atoms with Gasteiger partial charge in [-0.3, -0.25) is 0 Å². The number of ether oxygens (including phenoxy) is 1. The highest BCUT2D eigenvalue weighted by molar-refractivity contribution is 5.92. The van der Waals surface area contributed by atoms with Crippen LogP contribution in [0.15, 0.2) is 0 Å². The minimum Gasteiger partial charge on any atom is -0.461 e. The van der Waals surface area contributed by atoms with Gasteiger partial charge in [-0.05, 0) is 19.3 Å². The Kier molecular flexibility index (Phi) is 3.59. The van der Waals surface area contributed by atoms with Crippen molar-refractivity contribution in [2.75, 3.05) is 12.3 Å². The largest absolute Gasteiger partial charge is 0.461 e. The zero-order valence-corrected chi connectivity index (χ0v) is 11.3. The maximum absolute atomic E-state index is 11.8. The molecule has 5 nitrogen and oxygen atoms in total. The molecule has 1 saturated carbocycles. The van der Waals surface area contributed by atoms with Crippen molar-refractivity contribution in [2.24, 2.45) is 5.92 Å². The van der Waals surface area contributed by atoms with Gasteiger partial charge in [0.2, 0.25) is 0 Å². The van der Waals surface area contributed by atoms with Crippen molar-refractivity contribution in [3.63, 3.8) is 0 Å². The van der Waals surface area contributed by atoms with E-state index >= 15 is 0 Å². The Morgan fingerprint density at radius 1 is 1.50 bits per heavy atom. The van der Waals surface area contributed by atoms with Gasteiger partial charge in [0.15, 0.2) is 5.69 Å². The molecule has 2 N–H and O–H groups in total. The van der Waals surface area contributed by atoms with Crippen molar-refractivity contribution in [3.05, 3.63) is 11.5 Å². The lowest BCUT2D eigenvalue weighted by Crippen LogP contribution is -2.10. The van der Waals surface area contributed by atoms with Crippen LogP contribution in [0.2, 0.25) is 0 Å². The number of carbonyl (C=O) groups excluding carboxylic acids is 1. The Hall–Kier alpha value is -1.52. The van der Waals surface area contributed by atoms with E-state index in [0.29, 0.717) is 24.4 Å². The van der Waals surface area contributed by atoms with Crippen molar-refractivity contribution in [2.45, 2.75) is 46.1 Å². The molecule has 2 unspecified atom stereocenters. The van der Waals surface area contributed by atoms with Crippen LogP contribution < -0.4 is 5.73 Å². The summed E-state index contributed by atoms with van der Waals surface area (Å²) in [6.45, 7) is 6.32. The van der Waals surface area contributed by atoms with Gasteiger partial charge >= 0.3 is 5.97 Å². The zero-order valence-electron chi connectivity index (χ0n) is 11.3. The van der Waals surface area contributed by atoms with E-state index in [4.69, 9.17) is 10.5 Å². The van der Waals surface area contributed by atoms with E-state index in [2.05, 4.69) is 11.9 Å². The number of anilines is 1. The molecule has 1 fully saturated rings. The Morgan fingerprint density at radius 2 is 2.22 bits per heavy atom. The van der Waals surface area contributed by atoms with Crippen LogP contribution in [0.1, 0.15) is 56.0 Å². The molecule has 0 radical (unpaired) electrons. The minimum absolute atomic E-state index is 0.274. The number of esters is 1. The summed E-state index contributed by atoms with van der Waals surface area (Å²) in [5.74, 6) is 1.60. The molecule has 100 valence electrons. The lowest BCUT2D eigenvalue weighted by molar-refractivity contribution is 0.0521.